The van der Waals surface area contributed by atoms with Crippen molar-refractivity contribution in [2.75, 3.05) is 7.05 Å². The van der Waals surface area contributed by atoms with Crippen molar-refractivity contribution in [3.05, 3.63) is 54.1 Å². The van der Waals surface area contributed by atoms with Crippen LogP contribution in [0.15, 0.2) is 47.8 Å². The Morgan fingerprint density at radius 1 is 1.25 bits per heavy atom. The van der Waals surface area contributed by atoms with Gasteiger partial charge in [-0.3, -0.25) is 9.98 Å². The van der Waals surface area contributed by atoms with Gasteiger partial charge in [0.1, 0.15) is 0 Å². The molecule has 0 saturated carbocycles. The molecule has 0 unspecified atom stereocenters. The molecule has 0 amide bonds. The zero-order valence-electron chi connectivity index (χ0n) is 11.7. The van der Waals surface area contributed by atoms with E-state index in [9.17, 15) is 0 Å². The van der Waals surface area contributed by atoms with E-state index in [0.29, 0.717) is 6.54 Å². The molecule has 0 radical (unpaired) electrons. The smallest absolute Gasteiger partial charge is 0.191 e. The van der Waals surface area contributed by atoms with Crippen LogP contribution in [-0.4, -0.2) is 22.6 Å². The van der Waals surface area contributed by atoms with Gasteiger partial charge < -0.3 is 15.2 Å². The average Bonchev–Trinajstić information content (AvgIpc) is 2.86. The van der Waals surface area contributed by atoms with Crippen LogP contribution in [0.25, 0.3) is 0 Å². The third-order valence-corrected chi connectivity index (χ3v) is 2.74. The van der Waals surface area contributed by atoms with Gasteiger partial charge in [0, 0.05) is 39.2 Å². The second-order valence-corrected chi connectivity index (χ2v) is 4.29. The summed E-state index contributed by atoms with van der Waals surface area (Å²) in [7, 11) is 3.77. The van der Waals surface area contributed by atoms with E-state index in [-0.39, 0.29) is 24.0 Å². The summed E-state index contributed by atoms with van der Waals surface area (Å²) in [5.74, 6) is 0.773. The molecule has 2 aromatic heterocycles. The average molecular weight is 385 g/mol. The van der Waals surface area contributed by atoms with E-state index in [4.69, 9.17) is 0 Å². The number of aryl methyl sites for hydroxylation is 1. The predicted octanol–water partition coefficient (Wildman–Crippen LogP) is 1.90. The van der Waals surface area contributed by atoms with Crippen LogP contribution in [0.4, 0.5) is 0 Å². The van der Waals surface area contributed by atoms with Gasteiger partial charge in [-0.05, 0) is 23.8 Å². The number of nitrogens with one attached hydrogen (secondary N) is 2. The minimum Gasteiger partial charge on any atom is -0.357 e. The van der Waals surface area contributed by atoms with Crippen molar-refractivity contribution >= 4 is 29.9 Å². The lowest BCUT2D eigenvalue weighted by atomic mass is 10.3. The molecule has 0 aromatic carbocycles. The number of aliphatic imine (C=N–C) groups is 1. The lowest BCUT2D eigenvalue weighted by molar-refractivity contribution is 0.792. The predicted molar refractivity (Wildman–Crippen MR) is 92.1 cm³/mol. The highest BCUT2D eigenvalue weighted by molar-refractivity contribution is 14.0. The number of nitrogens with zero attached hydrogens (tertiary/aromatic N) is 3. The largest absolute Gasteiger partial charge is 0.357 e. The molecule has 2 heterocycles. The van der Waals surface area contributed by atoms with E-state index in [1.165, 1.54) is 5.56 Å². The Morgan fingerprint density at radius 2 is 2.05 bits per heavy atom. The van der Waals surface area contributed by atoms with Crippen LogP contribution < -0.4 is 10.6 Å². The molecular formula is C14H20IN5. The zero-order chi connectivity index (χ0) is 13.5. The van der Waals surface area contributed by atoms with E-state index in [1.807, 2.05) is 36.0 Å². The maximum atomic E-state index is 4.26. The monoisotopic (exact) mass is 385 g/mol. The minimum atomic E-state index is 0. The molecule has 0 aliphatic carbocycles. The van der Waals surface area contributed by atoms with Crippen LogP contribution in [-0.2, 0) is 20.1 Å². The van der Waals surface area contributed by atoms with E-state index in [0.717, 1.165) is 18.2 Å². The lowest BCUT2D eigenvalue weighted by Gasteiger charge is -2.10. The van der Waals surface area contributed by atoms with Crippen molar-refractivity contribution in [1.29, 1.82) is 0 Å². The maximum Gasteiger partial charge on any atom is 0.191 e. The number of halogens is 1. The third-order valence-electron chi connectivity index (χ3n) is 2.74. The van der Waals surface area contributed by atoms with Gasteiger partial charge in [-0.1, -0.05) is 6.07 Å². The van der Waals surface area contributed by atoms with E-state index in [2.05, 4.69) is 32.9 Å². The fourth-order valence-electron chi connectivity index (χ4n) is 1.75. The summed E-state index contributed by atoms with van der Waals surface area (Å²) in [6, 6.07) is 7.95. The second-order valence-electron chi connectivity index (χ2n) is 4.29. The fraction of sp³-hybridized carbons (Fsp3) is 0.286. The third kappa shape index (κ3) is 5.20. The molecule has 2 rings (SSSR count). The summed E-state index contributed by atoms with van der Waals surface area (Å²) >= 11 is 0. The van der Waals surface area contributed by atoms with Crippen LogP contribution in [0.3, 0.4) is 0 Å². The summed E-state index contributed by atoms with van der Waals surface area (Å²) in [6.07, 6.45) is 5.90. The zero-order valence-corrected chi connectivity index (χ0v) is 14.0. The first kappa shape index (κ1) is 16.5. The lowest BCUT2D eigenvalue weighted by Crippen LogP contribution is -2.36. The van der Waals surface area contributed by atoms with Crippen molar-refractivity contribution in [2.45, 2.75) is 13.1 Å². The van der Waals surface area contributed by atoms with Crippen LogP contribution in [0, 0.1) is 0 Å². The molecule has 0 bridgehead atoms. The Labute approximate surface area is 136 Å². The fourth-order valence-corrected chi connectivity index (χ4v) is 1.75. The molecule has 108 valence electrons. The molecule has 0 aliphatic rings. The van der Waals surface area contributed by atoms with Gasteiger partial charge in [0.25, 0.3) is 0 Å². The van der Waals surface area contributed by atoms with E-state index >= 15 is 0 Å². The molecule has 2 N–H and O–H groups in total. The Balaban J connectivity index is 0.00000200. The van der Waals surface area contributed by atoms with Gasteiger partial charge in [-0.2, -0.15) is 0 Å². The summed E-state index contributed by atoms with van der Waals surface area (Å²) < 4.78 is 2.03. The van der Waals surface area contributed by atoms with Crippen molar-refractivity contribution in [2.24, 2.45) is 12.0 Å². The van der Waals surface area contributed by atoms with Gasteiger partial charge in [-0.25, -0.2) is 0 Å². The molecule has 20 heavy (non-hydrogen) atoms. The number of hydrogen-bond acceptors (Lipinski definition) is 2. The molecular weight excluding hydrogens is 365 g/mol. The van der Waals surface area contributed by atoms with Crippen LogP contribution in [0.2, 0.25) is 0 Å². The first-order chi connectivity index (χ1) is 9.28. The summed E-state index contributed by atoms with van der Waals surface area (Å²) in [5, 5.41) is 6.50. The SMILES string of the molecule is CN=C(NCc1ccn(C)c1)NCc1ccccn1.I. The summed E-state index contributed by atoms with van der Waals surface area (Å²) in [4.78, 5) is 8.44. The van der Waals surface area contributed by atoms with E-state index < -0.39 is 0 Å². The number of pyridine rings is 1. The van der Waals surface area contributed by atoms with Crippen LogP contribution in [0.1, 0.15) is 11.3 Å². The molecule has 0 aliphatic heterocycles. The maximum absolute atomic E-state index is 4.26. The molecule has 6 heteroatoms. The van der Waals surface area contributed by atoms with Gasteiger partial charge in [0.2, 0.25) is 0 Å². The Morgan fingerprint density at radius 3 is 2.65 bits per heavy atom. The van der Waals surface area contributed by atoms with Crippen LogP contribution in [0.5, 0.6) is 0 Å². The standard InChI is InChI=1S/C14H19N5.HI/c1-15-14(17-9-12-6-8-19(2)11-12)18-10-13-5-3-4-7-16-13;/h3-8,11H,9-10H2,1-2H3,(H2,15,17,18);1H. The highest BCUT2D eigenvalue weighted by Crippen LogP contribution is 1.98. The Bertz CT molecular complexity index is 536. The van der Waals surface area contributed by atoms with Gasteiger partial charge >= 0.3 is 0 Å². The Kier molecular flexibility index (Phi) is 7.06. The number of hydrogen-bond donors (Lipinski definition) is 2. The topological polar surface area (TPSA) is 54.2 Å². The number of aromatic nitrogens is 2. The van der Waals surface area contributed by atoms with Gasteiger partial charge in [0.15, 0.2) is 5.96 Å². The van der Waals surface area contributed by atoms with Crippen molar-refractivity contribution in [1.82, 2.24) is 20.2 Å². The highest BCUT2D eigenvalue weighted by atomic mass is 127. The van der Waals surface area contributed by atoms with Crippen LogP contribution >= 0.6 is 24.0 Å². The molecule has 2 aromatic rings. The minimum absolute atomic E-state index is 0. The Hall–Kier alpha value is -1.57. The molecule has 0 atom stereocenters. The normalized spacial score (nSPS) is 10.8. The number of guanidine groups is 1. The first-order valence-electron chi connectivity index (χ1n) is 6.23. The quantitative estimate of drug-likeness (QED) is 0.480. The first-order valence-corrected chi connectivity index (χ1v) is 6.23. The van der Waals surface area contributed by atoms with Crippen molar-refractivity contribution < 1.29 is 0 Å². The van der Waals surface area contributed by atoms with Crippen molar-refractivity contribution in [3.63, 3.8) is 0 Å². The van der Waals surface area contributed by atoms with Gasteiger partial charge in [-0.15, -0.1) is 24.0 Å². The second kappa shape index (κ2) is 8.57. The van der Waals surface area contributed by atoms with E-state index in [1.54, 1.807) is 13.2 Å². The van der Waals surface area contributed by atoms with Crippen molar-refractivity contribution in [3.8, 4) is 0 Å². The summed E-state index contributed by atoms with van der Waals surface area (Å²) in [5.41, 5.74) is 2.22. The summed E-state index contributed by atoms with van der Waals surface area (Å²) in [6.45, 7) is 1.41. The molecule has 0 saturated heterocycles. The molecule has 0 spiro atoms. The highest BCUT2D eigenvalue weighted by Gasteiger charge is 2.00. The number of rotatable bonds is 4. The molecule has 5 nitrogen and oxygen atoms in total. The molecule has 0 fully saturated rings. The van der Waals surface area contributed by atoms with Gasteiger partial charge in [0.05, 0.1) is 12.2 Å².